The summed E-state index contributed by atoms with van der Waals surface area (Å²) in [4.78, 5) is 28.4. The van der Waals surface area contributed by atoms with Crippen LogP contribution in [0.5, 0.6) is 0 Å². The summed E-state index contributed by atoms with van der Waals surface area (Å²) in [6, 6.07) is 5.53. The molecule has 2 rings (SSSR count). The zero-order valence-corrected chi connectivity index (χ0v) is 16.7. The van der Waals surface area contributed by atoms with Gasteiger partial charge in [-0.15, -0.1) is 0 Å². The second kappa shape index (κ2) is 8.15. The van der Waals surface area contributed by atoms with E-state index in [1.54, 1.807) is 25.5 Å². The second-order valence-corrected chi connectivity index (χ2v) is 8.70. The van der Waals surface area contributed by atoms with E-state index in [1.807, 2.05) is 0 Å². The Kier molecular flexibility index (Phi) is 6.38. The Labute approximate surface area is 159 Å². The van der Waals surface area contributed by atoms with Crippen LogP contribution in [0.1, 0.15) is 22.3 Å². The van der Waals surface area contributed by atoms with Crippen LogP contribution in [0.2, 0.25) is 5.02 Å². The van der Waals surface area contributed by atoms with E-state index >= 15 is 0 Å². The highest BCUT2D eigenvalue weighted by Gasteiger charge is 2.20. The minimum absolute atomic E-state index is 0.00982. The molecule has 1 amide bonds. The van der Waals surface area contributed by atoms with Crippen LogP contribution in [-0.4, -0.2) is 37.2 Å². The van der Waals surface area contributed by atoms with Gasteiger partial charge in [0.05, 0.1) is 11.5 Å². The third kappa shape index (κ3) is 4.60. The Hall–Kier alpha value is -1.97. The van der Waals surface area contributed by atoms with E-state index in [0.717, 1.165) is 11.3 Å². The van der Waals surface area contributed by atoms with E-state index in [2.05, 4.69) is 4.99 Å². The van der Waals surface area contributed by atoms with Gasteiger partial charge in [-0.3, -0.25) is 4.79 Å². The fraction of sp³-hybridized carbons (Fsp3) is 0.312. The lowest BCUT2D eigenvalue weighted by atomic mass is 10.4. The first-order chi connectivity index (χ1) is 12.2. The van der Waals surface area contributed by atoms with Crippen LogP contribution in [0, 0.1) is 6.92 Å². The van der Waals surface area contributed by atoms with E-state index in [9.17, 15) is 18.0 Å². The molecule has 0 atom stereocenters. The highest BCUT2D eigenvalue weighted by molar-refractivity contribution is 7.92. The lowest BCUT2D eigenvalue weighted by Crippen LogP contribution is -2.20. The summed E-state index contributed by atoms with van der Waals surface area (Å²) < 4.78 is 31.1. The summed E-state index contributed by atoms with van der Waals surface area (Å²) in [7, 11) is -2.20. The molecular weight excluding hydrogens is 400 g/mol. The number of aromatic nitrogens is 1. The lowest BCUT2D eigenvalue weighted by molar-refractivity contribution is -0.115. The minimum atomic E-state index is -3.84. The van der Waals surface area contributed by atoms with Gasteiger partial charge >= 0.3 is 5.97 Å². The molecule has 0 bridgehead atoms. The van der Waals surface area contributed by atoms with Gasteiger partial charge in [-0.05, 0) is 38.1 Å². The van der Waals surface area contributed by atoms with Crippen molar-refractivity contribution in [3.8, 4) is 0 Å². The molecule has 26 heavy (non-hydrogen) atoms. The molecule has 0 saturated heterocycles. The van der Waals surface area contributed by atoms with E-state index in [1.165, 1.54) is 24.3 Å². The maximum atomic E-state index is 12.3. The zero-order valence-electron chi connectivity index (χ0n) is 14.4. The summed E-state index contributed by atoms with van der Waals surface area (Å²) in [5.41, 5.74) is 0.584. The summed E-state index contributed by atoms with van der Waals surface area (Å²) >= 11 is 6.71. The first kappa shape index (κ1) is 20.3. The first-order valence-corrected chi connectivity index (χ1v) is 10.4. The van der Waals surface area contributed by atoms with Gasteiger partial charge in [0.15, 0.2) is 14.6 Å². The average molecular weight is 417 g/mol. The number of ether oxygens (including phenoxy) is 1. The molecular formula is C16H17ClN2O5S2. The normalized spacial score (nSPS) is 12.2. The standard InChI is InChI=1S/C16H17ClN2O5S2/c1-4-24-15(21)14-10(2)19(3)16(25-14)18-13(20)9-26(22,23)12-7-5-11(17)6-8-12/h5-8H,4,9H2,1-3H3. The van der Waals surface area contributed by atoms with Gasteiger partial charge in [0, 0.05) is 17.8 Å². The van der Waals surface area contributed by atoms with Crippen LogP contribution in [0.3, 0.4) is 0 Å². The van der Waals surface area contributed by atoms with Crippen LogP contribution < -0.4 is 4.80 Å². The van der Waals surface area contributed by atoms with Gasteiger partial charge in [0.2, 0.25) is 0 Å². The van der Waals surface area contributed by atoms with Crippen molar-refractivity contribution in [1.82, 2.24) is 4.57 Å². The molecule has 0 spiro atoms. The Balaban J connectivity index is 2.30. The molecule has 7 nitrogen and oxygen atoms in total. The van der Waals surface area contributed by atoms with Crippen molar-refractivity contribution in [2.75, 3.05) is 12.4 Å². The molecule has 0 saturated carbocycles. The number of thiazole rings is 1. The van der Waals surface area contributed by atoms with E-state index in [-0.39, 0.29) is 16.3 Å². The summed E-state index contributed by atoms with van der Waals surface area (Å²) in [5, 5.41) is 0.396. The van der Waals surface area contributed by atoms with E-state index in [4.69, 9.17) is 16.3 Å². The molecule has 1 aromatic heterocycles. The number of sulfone groups is 1. The summed E-state index contributed by atoms with van der Waals surface area (Å²) in [6.07, 6.45) is 0. The average Bonchev–Trinajstić information content (AvgIpc) is 2.83. The number of nitrogens with zero attached hydrogens (tertiary/aromatic N) is 2. The van der Waals surface area contributed by atoms with E-state index in [0.29, 0.717) is 15.6 Å². The zero-order chi connectivity index (χ0) is 19.5. The predicted molar refractivity (Wildman–Crippen MR) is 98.1 cm³/mol. The van der Waals surface area contributed by atoms with Crippen LogP contribution in [0.4, 0.5) is 0 Å². The van der Waals surface area contributed by atoms with Crippen molar-refractivity contribution in [2.45, 2.75) is 18.7 Å². The molecule has 0 unspecified atom stereocenters. The van der Waals surface area contributed by atoms with Crippen LogP contribution >= 0.6 is 22.9 Å². The molecule has 0 radical (unpaired) electrons. The molecule has 0 aliphatic heterocycles. The van der Waals surface area contributed by atoms with Gasteiger partial charge in [-0.1, -0.05) is 22.9 Å². The molecule has 10 heteroatoms. The maximum absolute atomic E-state index is 12.3. The Morgan fingerprint density at radius 3 is 2.46 bits per heavy atom. The topological polar surface area (TPSA) is 94.8 Å². The molecule has 0 aliphatic carbocycles. The fourth-order valence-electron chi connectivity index (χ4n) is 2.04. The highest BCUT2D eigenvalue weighted by atomic mass is 35.5. The van der Waals surface area contributed by atoms with Gasteiger partial charge in [-0.2, -0.15) is 4.99 Å². The first-order valence-electron chi connectivity index (χ1n) is 7.55. The van der Waals surface area contributed by atoms with Crippen molar-refractivity contribution in [1.29, 1.82) is 0 Å². The number of hydrogen-bond donors (Lipinski definition) is 0. The largest absolute Gasteiger partial charge is 0.462 e. The van der Waals surface area contributed by atoms with E-state index < -0.39 is 27.5 Å². The maximum Gasteiger partial charge on any atom is 0.350 e. The van der Waals surface area contributed by atoms with Crippen LogP contribution in [0.25, 0.3) is 0 Å². The molecule has 0 aliphatic rings. The number of carbonyl (C=O) groups is 2. The summed E-state index contributed by atoms with van der Waals surface area (Å²) in [5.74, 6) is -2.11. The molecule has 0 N–H and O–H groups in total. The second-order valence-electron chi connectivity index (χ2n) is 5.30. The number of hydrogen-bond acceptors (Lipinski definition) is 6. The third-order valence-electron chi connectivity index (χ3n) is 3.48. The number of halogens is 1. The van der Waals surface area contributed by atoms with Crippen molar-refractivity contribution in [2.24, 2.45) is 12.0 Å². The number of carbonyl (C=O) groups excluding carboxylic acids is 2. The van der Waals surface area contributed by atoms with Gasteiger partial charge in [0.25, 0.3) is 5.91 Å². The third-order valence-corrected chi connectivity index (χ3v) is 6.56. The molecule has 2 aromatic rings. The SMILES string of the molecule is CCOC(=O)c1sc(=NC(=O)CS(=O)(=O)c2ccc(Cl)cc2)n(C)c1C. The number of benzene rings is 1. The number of amides is 1. The molecule has 1 aromatic carbocycles. The van der Waals surface area contributed by atoms with Gasteiger partial charge in [0.1, 0.15) is 10.6 Å². The monoisotopic (exact) mass is 416 g/mol. The van der Waals surface area contributed by atoms with Gasteiger partial charge in [-0.25, -0.2) is 13.2 Å². The van der Waals surface area contributed by atoms with Crippen LogP contribution in [0.15, 0.2) is 34.2 Å². The van der Waals surface area contributed by atoms with Crippen molar-refractivity contribution in [3.05, 3.63) is 44.7 Å². The smallest absolute Gasteiger partial charge is 0.350 e. The molecule has 0 fully saturated rings. The Morgan fingerprint density at radius 2 is 1.88 bits per heavy atom. The molecule has 140 valence electrons. The van der Waals surface area contributed by atoms with Crippen molar-refractivity contribution < 1.29 is 22.7 Å². The predicted octanol–water partition coefficient (Wildman–Crippen LogP) is 2.13. The number of rotatable bonds is 5. The molecule has 1 heterocycles. The quantitative estimate of drug-likeness (QED) is 0.696. The Morgan fingerprint density at radius 1 is 1.27 bits per heavy atom. The Bertz CT molecular complexity index is 1000. The lowest BCUT2D eigenvalue weighted by Gasteiger charge is -2.02. The van der Waals surface area contributed by atoms with Gasteiger partial charge < -0.3 is 9.30 Å². The van der Waals surface area contributed by atoms with Crippen molar-refractivity contribution in [3.63, 3.8) is 0 Å². The van der Waals surface area contributed by atoms with Crippen molar-refractivity contribution >= 4 is 44.7 Å². The van der Waals surface area contributed by atoms with Crippen LogP contribution in [-0.2, 0) is 26.4 Å². The summed E-state index contributed by atoms with van der Waals surface area (Å²) in [6.45, 7) is 3.61. The number of esters is 1. The highest BCUT2D eigenvalue weighted by Crippen LogP contribution is 2.16. The fourth-order valence-corrected chi connectivity index (χ4v) is 4.30. The minimum Gasteiger partial charge on any atom is -0.462 e.